The van der Waals surface area contributed by atoms with Gasteiger partial charge in [0.1, 0.15) is 0 Å². The van der Waals surface area contributed by atoms with Crippen molar-refractivity contribution in [2.24, 2.45) is 0 Å². The molecular formula is C10H22N2O2. The number of carbonyl (C=O) groups is 1. The second-order valence-electron chi connectivity index (χ2n) is 3.52. The Balaban J connectivity index is 3.74. The van der Waals surface area contributed by atoms with Gasteiger partial charge < -0.3 is 15.0 Å². The van der Waals surface area contributed by atoms with Crippen LogP contribution >= 0.6 is 0 Å². The molecule has 0 rings (SSSR count). The Morgan fingerprint density at radius 3 is 2.71 bits per heavy atom. The molecule has 0 spiro atoms. The van der Waals surface area contributed by atoms with Crippen molar-refractivity contribution in [1.82, 2.24) is 10.2 Å². The lowest BCUT2D eigenvalue weighted by Gasteiger charge is -2.24. The van der Waals surface area contributed by atoms with Gasteiger partial charge >= 0.3 is 0 Å². The van der Waals surface area contributed by atoms with Crippen LogP contribution in [0.15, 0.2) is 0 Å². The molecule has 0 fully saturated rings. The van der Waals surface area contributed by atoms with Crippen molar-refractivity contribution in [2.45, 2.75) is 25.8 Å². The number of nitrogens with one attached hydrogen (secondary N) is 1. The number of methoxy groups -OCH3 is 1. The first kappa shape index (κ1) is 13.4. The summed E-state index contributed by atoms with van der Waals surface area (Å²) in [5, 5.41) is 3.02. The minimum absolute atomic E-state index is 0.155. The molecule has 0 aromatic carbocycles. The van der Waals surface area contributed by atoms with Crippen molar-refractivity contribution < 1.29 is 9.53 Å². The van der Waals surface area contributed by atoms with Gasteiger partial charge in [-0.15, -0.1) is 0 Å². The summed E-state index contributed by atoms with van der Waals surface area (Å²) in [4.78, 5) is 13.3. The van der Waals surface area contributed by atoms with Crippen molar-refractivity contribution in [3.05, 3.63) is 0 Å². The van der Waals surface area contributed by atoms with E-state index in [4.69, 9.17) is 4.74 Å². The van der Waals surface area contributed by atoms with E-state index in [0.717, 1.165) is 13.0 Å². The van der Waals surface area contributed by atoms with Crippen LogP contribution in [-0.2, 0) is 9.53 Å². The van der Waals surface area contributed by atoms with Gasteiger partial charge in [-0.05, 0) is 26.9 Å². The van der Waals surface area contributed by atoms with Crippen LogP contribution in [0.5, 0.6) is 0 Å². The van der Waals surface area contributed by atoms with Crippen LogP contribution in [0, 0.1) is 0 Å². The lowest BCUT2D eigenvalue weighted by Crippen LogP contribution is -2.37. The van der Waals surface area contributed by atoms with Crippen molar-refractivity contribution in [2.75, 3.05) is 34.4 Å². The maximum absolute atomic E-state index is 11.6. The fraction of sp³-hybridized carbons (Fsp3) is 0.900. The molecule has 1 amide bonds. The number of likely N-dealkylation sites (N-methyl/N-ethyl adjacent to an activating group) is 1. The Bertz CT molecular complexity index is 162. The van der Waals surface area contributed by atoms with Crippen LogP contribution in [0.4, 0.5) is 0 Å². The third-order valence-corrected chi connectivity index (χ3v) is 2.28. The van der Waals surface area contributed by atoms with Gasteiger partial charge in [0.25, 0.3) is 0 Å². The highest BCUT2D eigenvalue weighted by molar-refractivity contribution is 5.76. The summed E-state index contributed by atoms with van der Waals surface area (Å²) in [5.41, 5.74) is 0. The molecular weight excluding hydrogens is 180 g/mol. The highest BCUT2D eigenvalue weighted by Gasteiger charge is 2.14. The maximum atomic E-state index is 11.6. The molecule has 0 saturated carbocycles. The van der Waals surface area contributed by atoms with Gasteiger partial charge in [0.2, 0.25) is 5.91 Å². The molecule has 84 valence electrons. The second kappa shape index (κ2) is 7.76. The molecule has 0 radical (unpaired) electrons. The predicted molar refractivity (Wildman–Crippen MR) is 57.3 cm³/mol. The third-order valence-electron chi connectivity index (χ3n) is 2.28. The van der Waals surface area contributed by atoms with Crippen molar-refractivity contribution in [1.29, 1.82) is 0 Å². The van der Waals surface area contributed by atoms with Gasteiger partial charge in [0, 0.05) is 20.6 Å². The molecule has 0 saturated heterocycles. The Hall–Kier alpha value is -0.610. The molecule has 1 N–H and O–H groups in total. The molecule has 0 aliphatic rings. The van der Waals surface area contributed by atoms with E-state index in [1.54, 1.807) is 12.0 Å². The standard InChI is InChI=1S/C10H22N2O2/c1-9(8-14-4)12(3)10(13)6-5-7-11-2/h9,11H,5-8H2,1-4H3. The smallest absolute Gasteiger partial charge is 0.222 e. The van der Waals surface area contributed by atoms with Gasteiger partial charge in [-0.3, -0.25) is 4.79 Å². The normalized spacial score (nSPS) is 12.6. The molecule has 0 aliphatic carbocycles. The van der Waals surface area contributed by atoms with Crippen molar-refractivity contribution in [3.8, 4) is 0 Å². The summed E-state index contributed by atoms with van der Waals surface area (Å²) in [6, 6.07) is 0.155. The van der Waals surface area contributed by atoms with Gasteiger partial charge in [0.15, 0.2) is 0 Å². The first-order chi connectivity index (χ1) is 6.63. The van der Waals surface area contributed by atoms with E-state index < -0.39 is 0 Å². The van der Waals surface area contributed by atoms with Crippen LogP contribution < -0.4 is 5.32 Å². The molecule has 0 aromatic rings. The summed E-state index contributed by atoms with van der Waals surface area (Å²) < 4.78 is 4.99. The number of amides is 1. The zero-order valence-electron chi connectivity index (χ0n) is 9.67. The number of hydrogen-bond acceptors (Lipinski definition) is 3. The number of ether oxygens (including phenoxy) is 1. The van der Waals surface area contributed by atoms with Gasteiger partial charge in [0.05, 0.1) is 12.6 Å². The summed E-state index contributed by atoms with van der Waals surface area (Å²) in [6.07, 6.45) is 1.49. The van der Waals surface area contributed by atoms with E-state index in [1.165, 1.54) is 0 Å². The highest BCUT2D eigenvalue weighted by Crippen LogP contribution is 2.01. The van der Waals surface area contributed by atoms with E-state index >= 15 is 0 Å². The minimum atomic E-state index is 0.155. The first-order valence-corrected chi connectivity index (χ1v) is 5.02. The topological polar surface area (TPSA) is 41.6 Å². The monoisotopic (exact) mass is 202 g/mol. The van der Waals surface area contributed by atoms with Crippen LogP contribution in [-0.4, -0.2) is 51.2 Å². The average molecular weight is 202 g/mol. The lowest BCUT2D eigenvalue weighted by molar-refractivity contribution is -0.132. The van der Waals surface area contributed by atoms with Gasteiger partial charge in [-0.2, -0.15) is 0 Å². The zero-order valence-corrected chi connectivity index (χ0v) is 9.67. The number of nitrogens with zero attached hydrogens (tertiary/aromatic N) is 1. The maximum Gasteiger partial charge on any atom is 0.222 e. The van der Waals surface area contributed by atoms with Gasteiger partial charge in [-0.1, -0.05) is 0 Å². The van der Waals surface area contributed by atoms with E-state index in [-0.39, 0.29) is 11.9 Å². The summed E-state index contributed by atoms with van der Waals surface area (Å²) >= 11 is 0. The van der Waals surface area contributed by atoms with E-state index in [1.807, 2.05) is 21.0 Å². The fourth-order valence-corrected chi connectivity index (χ4v) is 1.19. The Kier molecular flexibility index (Phi) is 7.42. The van der Waals surface area contributed by atoms with Crippen LogP contribution in [0.2, 0.25) is 0 Å². The lowest BCUT2D eigenvalue weighted by atomic mass is 10.2. The van der Waals surface area contributed by atoms with E-state index in [0.29, 0.717) is 13.0 Å². The molecule has 4 heteroatoms. The highest BCUT2D eigenvalue weighted by atomic mass is 16.5. The largest absolute Gasteiger partial charge is 0.383 e. The van der Waals surface area contributed by atoms with E-state index in [2.05, 4.69) is 5.32 Å². The van der Waals surface area contributed by atoms with Gasteiger partial charge in [-0.25, -0.2) is 0 Å². The first-order valence-electron chi connectivity index (χ1n) is 5.02. The molecule has 0 aliphatic heterocycles. The quantitative estimate of drug-likeness (QED) is 0.611. The molecule has 4 nitrogen and oxygen atoms in total. The summed E-state index contributed by atoms with van der Waals surface area (Å²) in [7, 11) is 5.36. The Morgan fingerprint density at radius 2 is 2.21 bits per heavy atom. The van der Waals surface area contributed by atoms with Crippen molar-refractivity contribution >= 4 is 5.91 Å². The molecule has 1 atom stereocenters. The van der Waals surface area contributed by atoms with Crippen LogP contribution in [0.1, 0.15) is 19.8 Å². The number of rotatable bonds is 7. The average Bonchev–Trinajstić information content (AvgIpc) is 2.17. The Morgan fingerprint density at radius 1 is 1.57 bits per heavy atom. The van der Waals surface area contributed by atoms with E-state index in [9.17, 15) is 4.79 Å². The second-order valence-corrected chi connectivity index (χ2v) is 3.52. The summed E-state index contributed by atoms with van der Waals surface area (Å²) in [6.45, 7) is 3.46. The van der Waals surface area contributed by atoms with Crippen LogP contribution in [0.25, 0.3) is 0 Å². The summed E-state index contributed by atoms with van der Waals surface area (Å²) in [5.74, 6) is 0.185. The van der Waals surface area contributed by atoms with Crippen LogP contribution in [0.3, 0.4) is 0 Å². The third kappa shape index (κ3) is 5.19. The predicted octanol–water partition coefficient (Wildman–Crippen LogP) is 0.479. The fourth-order valence-electron chi connectivity index (χ4n) is 1.19. The SMILES string of the molecule is CNCCCC(=O)N(C)C(C)COC. The molecule has 1 unspecified atom stereocenters. The minimum Gasteiger partial charge on any atom is -0.383 e. The molecule has 0 bridgehead atoms. The number of hydrogen-bond donors (Lipinski definition) is 1. The molecule has 0 aromatic heterocycles. The Labute approximate surface area is 86.6 Å². The number of carbonyl (C=O) groups excluding carboxylic acids is 1. The molecule has 0 heterocycles. The molecule has 14 heavy (non-hydrogen) atoms. The van der Waals surface area contributed by atoms with Crippen molar-refractivity contribution in [3.63, 3.8) is 0 Å². The zero-order chi connectivity index (χ0) is 11.0.